The van der Waals surface area contributed by atoms with Crippen molar-refractivity contribution in [1.29, 1.82) is 0 Å². The van der Waals surface area contributed by atoms with Crippen LogP contribution in [0.3, 0.4) is 0 Å². The number of nitrogens with one attached hydrogen (secondary N) is 1. The third kappa shape index (κ3) is 3.92. The fraction of sp³-hybridized carbons (Fsp3) is 0.455. The molecule has 0 bridgehead atoms. The van der Waals surface area contributed by atoms with E-state index in [-0.39, 0.29) is 5.41 Å². The molecule has 0 aromatic heterocycles. The predicted octanol–water partition coefficient (Wildman–Crippen LogP) is 5.24. The topological polar surface area (TPSA) is 30.5 Å². The average Bonchev–Trinajstić information content (AvgIpc) is 2.60. The van der Waals surface area contributed by atoms with Gasteiger partial charge in [-0.05, 0) is 52.6 Å². The van der Waals surface area contributed by atoms with Crippen molar-refractivity contribution >= 4 is 5.69 Å². The maximum atomic E-state index is 5.71. The van der Waals surface area contributed by atoms with Crippen molar-refractivity contribution in [1.82, 2.24) is 0 Å². The highest BCUT2D eigenvalue weighted by Crippen LogP contribution is 2.39. The minimum Gasteiger partial charge on any atom is -0.486 e. The summed E-state index contributed by atoms with van der Waals surface area (Å²) in [4.78, 5) is 0. The standard InChI is InChI=1S/C22H29NO2/c1-15(22(2,3)4)18-13-16(6-8-19(18)23-5)12-17-7-9-20-21(14-17)25-11-10-24-20/h6-9,13-15,23H,10-12H2,1-5H3. The molecule has 0 saturated carbocycles. The van der Waals surface area contributed by atoms with Gasteiger partial charge in [0, 0.05) is 12.7 Å². The van der Waals surface area contributed by atoms with Gasteiger partial charge in [0.25, 0.3) is 0 Å². The number of fused-ring (bicyclic) bond motifs is 1. The molecular weight excluding hydrogens is 310 g/mol. The maximum absolute atomic E-state index is 5.71. The van der Waals surface area contributed by atoms with E-state index in [4.69, 9.17) is 9.47 Å². The molecule has 134 valence electrons. The molecule has 1 heterocycles. The molecule has 3 heteroatoms. The lowest BCUT2D eigenvalue weighted by Gasteiger charge is -2.29. The van der Waals surface area contributed by atoms with Crippen LogP contribution < -0.4 is 14.8 Å². The molecule has 2 aromatic carbocycles. The average molecular weight is 339 g/mol. The Kier molecular flexibility index (Phi) is 4.94. The summed E-state index contributed by atoms with van der Waals surface area (Å²) in [6.45, 7) is 10.5. The van der Waals surface area contributed by atoms with E-state index in [1.54, 1.807) is 0 Å². The van der Waals surface area contributed by atoms with Crippen LogP contribution in [0.4, 0.5) is 5.69 Å². The van der Waals surface area contributed by atoms with Crippen molar-refractivity contribution < 1.29 is 9.47 Å². The molecule has 3 nitrogen and oxygen atoms in total. The van der Waals surface area contributed by atoms with E-state index < -0.39 is 0 Å². The Morgan fingerprint density at radius 1 is 0.960 bits per heavy atom. The van der Waals surface area contributed by atoms with E-state index in [1.165, 1.54) is 22.4 Å². The zero-order valence-corrected chi connectivity index (χ0v) is 16.0. The zero-order chi connectivity index (χ0) is 18.0. The summed E-state index contributed by atoms with van der Waals surface area (Å²) in [5.74, 6) is 2.18. The van der Waals surface area contributed by atoms with E-state index >= 15 is 0 Å². The molecule has 1 unspecified atom stereocenters. The molecule has 1 aliphatic rings. The Hall–Kier alpha value is -2.16. The Morgan fingerprint density at radius 3 is 2.28 bits per heavy atom. The van der Waals surface area contributed by atoms with Gasteiger partial charge in [-0.1, -0.05) is 45.9 Å². The lowest BCUT2D eigenvalue weighted by atomic mass is 9.76. The Morgan fingerprint density at radius 2 is 1.60 bits per heavy atom. The summed E-state index contributed by atoms with van der Waals surface area (Å²) >= 11 is 0. The lowest BCUT2D eigenvalue weighted by Crippen LogP contribution is -2.17. The second-order valence-electron chi connectivity index (χ2n) is 7.91. The number of ether oxygens (including phenoxy) is 2. The molecule has 0 spiro atoms. The molecule has 1 atom stereocenters. The fourth-order valence-electron chi connectivity index (χ4n) is 3.21. The van der Waals surface area contributed by atoms with Gasteiger partial charge in [-0.25, -0.2) is 0 Å². The van der Waals surface area contributed by atoms with Crippen LogP contribution in [0, 0.1) is 5.41 Å². The fourth-order valence-corrected chi connectivity index (χ4v) is 3.21. The van der Waals surface area contributed by atoms with Crippen LogP contribution in [0.25, 0.3) is 0 Å². The number of hydrogen-bond acceptors (Lipinski definition) is 3. The van der Waals surface area contributed by atoms with E-state index in [1.807, 2.05) is 13.1 Å². The first-order valence-corrected chi connectivity index (χ1v) is 9.07. The molecule has 0 radical (unpaired) electrons. The molecule has 1 N–H and O–H groups in total. The second-order valence-corrected chi connectivity index (χ2v) is 7.91. The van der Waals surface area contributed by atoms with Gasteiger partial charge < -0.3 is 14.8 Å². The minimum atomic E-state index is 0.223. The smallest absolute Gasteiger partial charge is 0.161 e. The third-order valence-corrected chi connectivity index (χ3v) is 5.17. The molecule has 1 aliphatic heterocycles. The van der Waals surface area contributed by atoms with Crippen LogP contribution in [0.2, 0.25) is 0 Å². The van der Waals surface area contributed by atoms with Gasteiger partial charge in [0.1, 0.15) is 13.2 Å². The first-order chi connectivity index (χ1) is 11.9. The highest BCUT2D eigenvalue weighted by molar-refractivity contribution is 5.55. The van der Waals surface area contributed by atoms with Crippen LogP contribution >= 0.6 is 0 Å². The van der Waals surface area contributed by atoms with Crippen LogP contribution in [0.5, 0.6) is 11.5 Å². The number of anilines is 1. The van der Waals surface area contributed by atoms with Crippen molar-refractivity contribution in [2.75, 3.05) is 25.6 Å². The summed E-state index contributed by atoms with van der Waals surface area (Å²) in [5.41, 5.74) is 5.39. The minimum absolute atomic E-state index is 0.223. The lowest BCUT2D eigenvalue weighted by molar-refractivity contribution is 0.171. The number of rotatable bonds is 4. The first kappa shape index (κ1) is 17.7. The molecule has 25 heavy (non-hydrogen) atoms. The summed E-state index contributed by atoms with van der Waals surface area (Å²) in [6.07, 6.45) is 0.893. The van der Waals surface area contributed by atoms with Crippen molar-refractivity contribution in [3.63, 3.8) is 0 Å². The van der Waals surface area contributed by atoms with E-state index in [2.05, 4.69) is 63.3 Å². The van der Waals surface area contributed by atoms with Crippen LogP contribution in [-0.4, -0.2) is 20.3 Å². The SMILES string of the molecule is CNc1ccc(Cc2ccc3c(c2)OCCO3)cc1C(C)C(C)(C)C. The quantitative estimate of drug-likeness (QED) is 0.826. The highest BCUT2D eigenvalue weighted by Gasteiger charge is 2.24. The van der Waals surface area contributed by atoms with Gasteiger partial charge in [0.05, 0.1) is 0 Å². The van der Waals surface area contributed by atoms with Gasteiger partial charge in [0.15, 0.2) is 11.5 Å². The summed E-state index contributed by atoms with van der Waals surface area (Å²) < 4.78 is 11.3. The zero-order valence-electron chi connectivity index (χ0n) is 16.0. The third-order valence-electron chi connectivity index (χ3n) is 5.17. The van der Waals surface area contributed by atoms with Gasteiger partial charge in [-0.2, -0.15) is 0 Å². The van der Waals surface area contributed by atoms with E-state index in [0.29, 0.717) is 19.1 Å². The van der Waals surface area contributed by atoms with Crippen molar-refractivity contribution in [2.24, 2.45) is 5.41 Å². The van der Waals surface area contributed by atoms with Gasteiger partial charge in [-0.15, -0.1) is 0 Å². The van der Waals surface area contributed by atoms with Crippen molar-refractivity contribution in [3.05, 3.63) is 53.1 Å². The van der Waals surface area contributed by atoms with Gasteiger partial charge in [-0.3, -0.25) is 0 Å². The van der Waals surface area contributed by atoms with Crippen LogP contribution in [0.15, 0.2) is 36.4 Å². The van der Waals surface area contributed by atoms with Gasteiger partial charge >= 0.3 is 0 Å². The molecule has 2 aromatic rings. The van der Waals surface area contributed by atoms with Crippen LogP contribution in [0.1, 0.15) is 50.3 Å². The second kappa shape index (κ2) is 6.99. The molecule has 0 aliphatic carbocycles. The highest BCUT2D eigenvalue weighted by atomic mass is 16.6. The van der Waals surface area contributed by atoms with Crippen molar-refractivity contribution in [2.45, 2.75) is 40.0 Å². The summed E-state index contributed by atoms with van der Waals surface area (Å²) in [6, 6.07) is 13.0. The summed E-state index contributed by atoms with van der Waals surface area (Å²) in [7, 11) is 1.99. The van der Waals surface area contributed by atoms with E-state index in [9.17, 15) is 0 Å². The van der Waals surface area contributed by atoms with Crippen molar-refractivity contribution in [3.8, 4) is 11.5 Å². The van der Waals surface area contributed by atoms with Gasteiger partial charge in [0.2, 0.25) is 0 Å². The Labute approximate surface area is 151 Å². The molecule has 3 rings (SSSR count). The monoisotopic (exact) mass is 339 g/mol. The number of benzene rings is 2. The number of hydrogen-bond donors (Lipinski definition) is 1. The predicted molar refractivity (Wildman–Crippen MR) is 104 cm³/mol. The Bertz CT molecular complexity index is 746. The largest absolute Gasteiger partial charge is 0.486 e. The molecule has 0 saturated heterocycles. The van der Waals surface area contributed by atoms with E-state index in [0.717, 1.165) is 17.9 Å². The molecular formula is C22H29NO2. The Balaban J connectivity index is 1.88. The normalized spacial score (nSPS) is 14.9. The maximum Gasteiger partial charge on any atom is 0.161 e. The van der Waals surface area contributed by atoms with Crippen LogP contribution in [-0.2, 0) is 6.42 Å². The molecule has 0 amide bonds. The molecule has 0 fully saturated rings. The summed E-state index contributed by atoms with van der Waals surface area (Å²) in [5, 5.41) is 3.34. The first-order valence-electron chi connectivity index (χ1n) is 9.07.